The van der Waals surface area contributed by atoms with Crippen LogP contribution in [-0.2, 0) is 11.0 Å². The second kappa shape index (κ2) is 9.72. The van der Waals surface area contributed by atoms with Crippen molar-refractivity contribution in [2.75, 3.05) is 18.4 Å². The van der Waals surface area contributed by atoms with Crippen LogP contribution in [0.3, 0.4) is 0 Å². The highest BCUT2D eigenvalue weighted by Gasteiger charge is 2.52. The maximum absolute atomic E-state index is 13.0. The van der Waals surface area contributed by atoms with E-state index in [2.05, 4.69) is 15.3 Å². The summed E-state index contributed by atoms with van der Waals surface area (Å²) in [6.45, 7) is 0.990. The van der Waals surface area contributed by atoms with Crippen LogP contribution in [0.4, 0.5) is 19.0 Å². The summed E-state index contributed by atoms with van der Waals surface area (Å²) in [5.41, 5.74) is 0.0687. The molecule has 1 saturated carbocycles. The smallest absolute Gasteiger partial charge is 0.380 e. The minimum absolute atomic E-state index is 0.105. The average Bonchev–Trinajstić information content (AvgIpc) is 3.63. The van der Waals surface area contributed by atoms with Crippen LogP contribution in [0.1, 0.15) is 47.2 Å². The maximum Gasteiger partial charge on any atom is 0.416 e. The van der Waals surface area contributed by atoms with E-state index in [1.165, 1.54) is 12.1 Å². The van der Waals surface area contributed by atoms with Gasteiger partial charge in [-0.05, 0) is 62.1 Å². The molecule has 2 aromatic rings. The van der Waals surface area contributed by atoms with E-state index in [9.17, 15) is 27.9 Å². The van der Waals surface area contributed by atoms with Crippen molar-refractivity contribution < 1.29 is 32.5 Å². The van der Waals surface area contributed by atoms with Gasteiger partial charge in [0.1, 0.15) is 23.3 Å². The number of allylic oxidation sites excluding steroid dienone is 1. The van der Waals surface area contributed by atoms with E-state index in [0.29, 0.717) is 48.7 Å². The number of amides is 2. The number of hydrogen-bond donors (Lipinski definition) is 3. The molecule has 212 valence electrons. The molecule has 10 nitrogen and oxygen atoms in total. The van der Waals surface area contributed by atoms with E-state index >= 15 is 0 Å². The normalized spacial score (nSPS) is 24.7. The molecule has 1 saturated heterocycles. The summed E-state index contributed by atoms with van der Waals surface area (Å²) in [5.74, 6) is 6.14. The Morgan fingerprint density at radius 3 is 2.63 bits per heavy atom. The Labute approximate surface area is 233 Å². The van der Waals surface area contributed by atoms with Crippen molar-refractivity contribution in [2.24, 2.45) is 21.7 Å². The average molecular weight is 567 g/mol. The Bertz CT molecular complexity index is 1540. The topological polar surface area (TPSA) is 133 Å². The molecule has 1 unspecified atom stereocenters. The van der Waals surface area contributed by atoms with Gasteiger partial charge in [-0.3, -0.25) is 14.6 Å². The van der Waals surface area contributed by atoms with Crippen LogP contribution in [0.25, 0.3) is 0 Å². The highest BCUT2D eigenvalue weighted by molar-refractivity contribution is 6.05. The Balaban J connectivity index is 1.23. The van der Waals surface area contributed by atoms with Gasteiger partial charge in [0.25, 0.3) is 17.6 Å². The van der Waals surface area contributed by atoms with Gasteiger partial charge in [0, 0.05) is 30.8 Å². The highest BCUT2D eigenvalue weighted by Crippen LogP contribution is 2.41. The number of aliphatic hydroxyl groups is 1. The number of carbonyl (C=O) groups excluding carboxylic acids is 2. The molecule has 1 aliphatic carbocycles. The molecule has 6 rings (SSSR count). The van der Waals surface area contributed by atoms with E-state index in [1.54, 1.807) is 35.6 Å². The summed E-state index contributed by atoms with van der Waals surface area (Å²) in [6.07, 6.45) is 3.86. The lowest BCUT2D eigenvalue weighted by molar-refractivity contribution is -0.750. The number of amidine groups is 1. The molecule has 3 aliphatic heterocycles. The van der Waals surface area contributed by atoms with Crippen LogP contribution in [0.15, 0.2) is 76.4 Å². The summed E-state index contributed by atoms with van der Waals surface area (Å²) in [5, 5.41) is 12.7. The molecule has 4 heterocycles. The number of alkyl halides is 3. The fourth-order valence-corrected chi connectivity index (χ4v) is 5.35. The zero-order valence-corrected chi connectivity index (χ0v) is 21.8. The standard InChI is InChI=1S/C28H26F3N7O3/c29-28(30,31)20-7-10-34-22(14-20)35-25(39)18-5-3-17(4-6-18)24-36-23(21-15-33-11-13-38(21,24)32)19-2-1-12-37(16-19)26(40)27(41)8-9-27/h3-7,10-11,13-15,19,41H,1-2,8-9,12,16,32H2/p+1/t19-,38?/m1/s1. The lowest BCUT2D eigenvalue weighted by Gasteiger charge is -2.34. The van der Waals surface area contributed by atoms with Crippen molar-refractivity contribution in [2.45, 2.75) is 37.5 Å². The highest BCUT2D eigenvalue weighted by atomic mass is 19.4. The monoisotopic (exact) mass is 566 g/mol. The number of benzene rings is 1. The van der Waals surface area contributed by atoms with Crippen molar-refractivity contribution in [1.82, 2.24) is 9.88 Å². The number of quaternary nitrogens is 1. The van der Waals surface area contributed by atoms with Crippen LogP contribution in [0.2, 0.25) is 0 Å². The number of aliphatic imine (C=N–C) groups is 2. The van der Waals surface area contributed by atoms with Gasteiger partial charge in [0.05, 0.1) is 23.5 Å². The molecule has 0 bridgehead atoms. The fourth-order valence-electron chi connectivity index (χ4n) is 5.35. The molecular formula is C28H27F3N7O3+. The van der Waals surface area contributed by atoms with E-state index in [0.717, 1.165) is 31.2 Å². The third-order valence-electron chi connectivity index (χ3n) is 7.77. The first-order valence-electron chi connectivity index (χ1n) is 13.2. The molecule has 41 heavy (non-hydrogen) atoms. The van der Waals surface area contributed by atoms with Gasteiger partial charge in [-0.2, -0.15) is 24.0 Å². The fraction of sp³-hybridized carbons (Fsp3) is 0.321. The molecule has 4 aliphatic rings. The van der Waals surface area contributed by atoms with Gasteiger partial charge < -0.3 is 15.3 Å². The first-order chi connectivity index (χ1) is 19.5. The number of nitrogens with zero attached hydrogens (tertiary/aromatic N) is 5. The van der Waals surface area contributed by atoms with Crippen LogP contribution >= 0.6 is 0 Å². The summed E-state index contributed by atoms with van der Waals surface area (Å²) in [7, 11) is 0. The number of anilines is 1. The van der Waals surface area contributed by atoms with Crippen LogP contribution in [0, 0.1) is 5.92 Å². The SMILES string of the molecule is N[N+]12C=CN=CC1=C([C@@H]1CCCN(C(=O)C3(O)CC3)C1)N=C2c1ccc(C(=O)Nc2cc(C(F)(F)F)ccn2)cc1. The molecule has 0 radical (unpaired) electrons. The molecule has 4 N–H and O–H groups in total. The quantitative estimate of drug-likeness (QED) is 0.377. The number of nitrogens with one attached hydrogen (secondary N) is 1. The number of likely N-dealkylation sites (tertiary alicyclic amines) is 1. The number of fused-ring (bicyclic) bond motifs is 1. The summed E-state index contributed by atoms with van der Waals surface area (Å²) < 4.78 is 38.8. The van der Waals surface area contributed by atoms with Crippen LogP contribution in [0.5, 0.6) is 0 Å². The molecule has 0 spiro atoms. The van der Waals surface area contributed by atoms with Gasteiger partial charge >= 0.3 is 6.18 Å². The van der Waals surface area contributed by atoms with Crippen molar-refractivity contribution in [3.63, 3.8) is 0 Å². The number of aromatic nitrogens is 1. The van der Waals surface area contributed by atoms with E-state index in [1.807, 2.05) is 0 Å². The van der Waals surface area contributed by atoms with E-state index < -0.39 is 23.2 Å². The Morgan fingerprint density at radius 1 is 1.17 bits per heavy atom. The predicted octanol–water partition coefficient (Wildman–Crippen LogP) is 3.33. The zero-order valence-electron chi connectivity index (χ0n) is 21.8. The van der Waals surface area contributed by atoms with Gasteiger partial charge in [0.15, 0.2) is 0 Å². The van der Waals surface area contributed by atoms with Gasteiger partial charge in [-0.15, -0.1) is 4.59 Å². The summed E-state index contributed by atoms with van der Waals surface area (Å²) in [6, 6.07) is 7.99. The molecule has 1 aromatic heterocycles. The Hall–Kier alpha value is -4.20. The molecular weight excluding hydrogens is 539 g/mol. The molecule has 2 atom stereocenters. The third-order valence-corrected chi connectivity index (χ3v) is 7.77. The van der Waals surface area contributed by atoms with Gasteiger partial charge in [-0.1, -0.05) is 0 Å². The Kier molecular flexibility index (Phi) is 6.40. The van der Waals surface area contributed by atoms with E-state index in [-0.39, 0.29) is 27.8 Å². The number of rotatable bonds is 5. The number of hydrogen-bond acceptors (Lipinski definition) is 7. The zero-order chi connectivity index (χ0) is 29.0. The van der Waals surface area contributed by atoms with Crippen molar-refractivity contribution in [1.29, 1.82) is 0 Å². The van der Waals surface area contributed by atoms with E-state index in [4.69, 9.17) is 10.8 Å². The molecule has 13 heteroatoms. The minimum Gasteiger partial charge on any atom is -0.380 e. The van der Waals surface area contributed by atoms with Crippen molar-refractivity contribution in [3.8, 4) is 0 Å². The van der Waals surface area contributed by atoms with Gasteiger partial charge in [0.2, 0.25) is 5.70 Å². The Morgan fingerprint density at radius 2 is 1.93 bits per heavy atom. The maximum atomic E-state index is 13.0. The van der Waals surface area contributed by atoms with Crippen molar-refractivity contribution in [3.05, 3.63) is 83.1 Å². The number of carbonyl (C=O) groups is 2. The summed E-state index contributed by atoms with van der Waals surface area (Å²) in [4.78, 5) is 40.2. The number of halogens is 3. The lowest BCUT2D eigenvalue weighted by atomic mass is 9.93. The second-order valence-corrected chi connectivity index (χ2v) is 10.6. The first-order valence-corrected chi connectivity index (χ1v) is 13.2. The van der Waals surface area contributed by atoms with Gasteiger partial charge in [-0.25, -0.2) is 4.98 Å². The molecule has 2 fully saturated rings. The molecule has 2 amide bonds. The minimum atomic E-state index is -4.56. The predicted molar refractivity (Wildman–Crippen MR) is 143 cm³/mol. The lowest BCUT2D eigenvalue weighted by Crippen LogP contribution is -2.53. The number of piperidine rings is 1. The van der Waals surface area contributed by atoms with Crippen LogP contribution in [-0.4, -0.2) is 62.1 Å². The van der Waals surface area contributed by atoms with Crippen molar-refractivity contribution >= 4 is 29.7 Å². The van der Waals surface area contributed by atoms with Crippen LogP contribution < -0.4 is 11.2 Å². The first kappa shape index (κ1) is 27.0. The second-order valence-electron chi connectivity index (χ2n) is 10.6. The molecule has 1 aromatic carbocycles. The number of pyridine rings is 1. The summed E-state index contributed by atoms with van der Waals surface area (Å²) >= 11 is 0. The number of nitrogens with two attached hydrogens (primary N) is 1. The largest absolute Gasteiger partial charge is 0.416 e. The third kappa shape index (κ3) is 4.96.